The lowest BCUT2D eigenvalue weighted by atomic mass is 10.2. The molecule has 2 N–H and O–H groups in total. The van der Waals surface area contributed by atoms with E-state index < -0.39 is 11.8 Å². The number of para-hydroxylation sites is 2. The van der Waals surface area contributed by atoms with Gasteiger partial charge in [-0.2, -0.15) is 0 Å². The summed E-state index contributed by atoms with van der Waals surface area (Å²) < 4.78 is 19.1. The number of piperazine rings is 1. The van der Waals surface area contributed by atoms with Gasteiger partial charge in [0.1, 0.15) is 11.6 Å². The number of hydrogen-bond donors (Lipinski definition) is 2. The molecule has 0 aromatic heterocycles. The second-order valence-corrected chi connectivity index (χ2v) is 7.03. The molecule has 0 aliphatic carbocycles. The predicted octanol–water partition coefficient (Wildman–Crippen LogP) is 1.39. The van der Waals surface area contributed by atoms with Crippen LogP contribution in [0.4, 0.5) is 10.1 Å². The summed E-state index contributed by atoms with van der Waals surface area (Å²) in [6, 6.07) is 14.1. The van der Waals surface area contributed by atoms with Crippen molar-refractivity contribution in [1.29, 1.82) is 0 Å². The van der Waals surface area contributed by atoms with Gasteiger partial charge in [-0.3, -0.25) is 14.5 Å². The topological polar surface area (TPSA) is 73.9 Å². The van der Waals surface area contributed by atoms with Gasteiger partial charge < -0.3 is 20.3 Å². The number of carbonyl (C=O) groups is 2. The third-order valence-electron chi connectivity index (χ3n) is 5.12. The fraction of sp³-hybridized carbons (Fsp3) is 0.364. The van der Waals surface area contributed by atoms with Crippen LogP contribution in [0.25, 0.3) is 0 Å². The van der Waals surface area contributed by atoms with Gasteiger partial charge in [-0.1, -0.05) is 30.3 Å². The minimum atomic E-state index is -0.676. The number of halogens is 1. The third-order valence-corrected chi connectivity index (χ3v) is 5.12. The van der Waals surface area contributed by atoms with Crippen molar-refractivity contribution in [2.45, 2.75) is 6.54 Å². The minimum absolute atomic E-state index is 0.211. The van der Waals surface area contributed by atoms with E-state index in [-0.39, 0.29) is 12.4 Å². The fourth-order valence-corrected chi connectivity index (χ4v) is 3.43. The Hall–Kier alpha value is -3.13. The van der Waals surface area contributed by atoms with E-state index in [1.807, 2.05) is 29.2 Å². The molecule has 1 aliphatic heterocycles. The molecule has 0 unspecified atom stereocenters. The molecule has 2 amide bonds. The Kier molecular flexibility index (Phi) is 7.62. The summed E-state index contributed by atoms with van der Waals surface area (Å²) in [4.78, 5) is 28.2. The largest absolute Gasteiger partial charge is 0.496 e. The zero-order chi connectivity index (χ0) is 21.3. The lowest BCUT2D eigenvalue weighted by Gasteiger charge is -2.36. The first-order valence-electron chi connectivity index (χ1n) is 9.98. The third kappa shape index (κ3) is 5.70. The molecular formula is C22H27FN4O3. The molecule has 8 heteroatoms. The highest BCUT2D eigenvalue weighted by atomic mass is 19.1. The zero-order valence-electron chi connectivity index (χ0n) is 17.1. The van der Waals surface area contributed by atoms with Crippen LogP contribution < -0.4 is 20.3 Å². The number of benzene rings is 2. The van der Waals surface area contributed by atoms with Crippen molar-refractivity contribution in [2.75, 3.05) is 51.3 Å². The minimum Gasteiger partial charge on any atom is -0.496 e. The number of nitrogens with one attached hydrogen (secondary N) is 2. The van der Waals surface area contributed by atoms with Crippen molar-refractivity contribution in [2.24, 2.45) is 0 Å². The van der Waals surface area contributed by atoms with E-state index in [4.69, 9.17) is 4.74 Å². The van der Waals surface area contributed by atoms with Crippen LogP contribution in [0.1, 0.15) is 5.56 Å². The predicted molar refractivity (Wildman–Crippen MR) is 113 cm³/mol. The molecule has 1 aliphatic rings. The van der Waals surface area contributed by atoms with Gasteiger partial charge in [0, 0.05) is 51.4 Å². The average molecular weight is 414 g/mol. The summed E-state index contributed by atoms with van der Waals surface area (Å²) in [5.41, 5.74) is 1.42. The Morgan fingerprint density at radius 3 is 2.37 bits per heavy atom. The first-order chi connectivity index (χ1) is 14.6. The molecule has 2 aromatic rings. The van der Waals surface area contributed by atoms with Gasteiger partial charge in [0.05, 0.1) is 12.8 Å². The maximum Gasteiger partial charge on any atom is 0.309 e. The van der Waals surface area contributed by atoms with Crippen molar-refractivity contribution < 1.29 is 18.7 Å². The van der Waals surface area contributed by atoms with Gasteiger partial charge in [0.15, 0.2) is 0 Å². The molecule has 0 atom stereocenters. The van der Waals surface area contributed by atoms with Crippen molar-refractivity contribution in [1.82, 2.24) is 15.5 Å². The molecule has 7 nitrogen and oxygen atoms in total. The molecule has 1 fully saturated rings. The van der Waals surface area contributed by atoms with E-state index in [0.717, 1.165) is 18.7 Å². The van der Waals surface area contributed by atoms with Crippen LogP contribution in [0.2, 0.25) is 0 Å². The molecule has 1 heterocycles. The van der Waals surface area contributed by atoms with E-state index >= 15 is 0 Å². The molecule has 0 saturated carbocycles. The number of methoxy groups -OCH3 is 1. The van der Waals surface area contributed by atoms with E-state index in [2.05, 4.69) is 15.5 Å². The number of carbonyl (C=O) groups excluding carboxylic acids is 2. The van der Waals surface area contributed by atoms with Crippen LogP contribution in [-0.4, -0.2) is 63.1 Å². The highest BCUT2D eigenvalue weighted by molar-refractivity contribution is 6.35. The van der Waals surface area contributed by atoms with E-state index in [1.54, 1.807) is 25.3 Å². The van der Waals surface area contributed by atoms with E-state index in [0.29, 0.717) is 37.6 Å². The van der Waals surface area contributed by atoms with Crippen molar-refractivity contribution in [3.63, 3.8) is 0 Å². The Morgan fingerprint density at radius 2 is 1.63 bits per heavy atom. The highest BCUT2D eigenvalue weighted by Crippen LogP contribution is 2.20. The molecule has 0 bridgehead atoms. The molecule has 160 valence electrons. The monoisotopic (exact) mass is 414 g/mol. The Balaban J connectivity index is 1.35. The lowest BCUT2D eigenvalue weighted by Crippen LogP contribution is -2.49. The number of rotatable bonds is 7. The molecular weight excluding hydrogens is 387 g/mol. The molecule has 2 aromatic carbocycles. The van der Waals surface area contributed by atoms with Crippen molar-refractivity contribution in [3.8, 4) is 5.75 Å². The smallest absolute Gasteiger partial charge is 0.309 e. The number of amides is 2. The van der Waals surface area contributed by atoms with Gasteiger partial charge in [-0.15, -0.1) is 0 Å². The summed E-state index contributed by atoms with van der Waals surface area (Å²) >= 11 is 0. The Morgan fingerprint density at radius 1 is 0.967 bits per heavy atom. The quantitative estimate of drug-likeness (QED) is 0.670. The first kappa shape index (κ1) is 21.6. The molecule has 0 radical (unpaired) electrons. The van der Waals surface area contributed by atoms with Gasteiger partial charge in [-0.05, 0) is 18.2 Å². The number of hydrogen-bond acceptors (Lipinski definition) is 5. The second-order valence-electron chi connectivity index (χ2n) is 7.03. The molecule has 30 heavy (non-hydrogen) atoms. The fourth-order valence-electron chi connectivity index (χ4n) is 3.43. The summed E-state index contributed by atoms with van der Waals surface area (Å²) in [5.74, 6) is -0.884. The van der Waals surface area contributed by atoms with Crippen LogP contribution in [0, 0.1) is 5.82 Å². The zero-order valence-corrected chi connectivity index (χ0v) is 17.1. The van der Waals surface area contributed by atoms with E-state index in [9.17, 15) is 14.0 Å². The van der Waals surface area contributed by atoms with Crippen LogP contribution >= 0.6 is 0 Å². The summed E-state index contributed by atoms with van der Waals surface area (Å²) in [6.45, 7) is 4.20. The summed E-state index contributed by atoms with van der Waals surface area (Å²) in [5, 5.41) is 5.25. The highest BCUT2D eigenvalue weighted by Gasteiger charge is 2.20. The normalized spacial score (nSPS) is 14.3. The maximum atomic E-state index is 13.9. The van der Waals surface area contributed by atoms with Gasteiger partial charge in [0.2, 0.25) is 0 Å². The van der Waals surface area contributed by atoms with Crippen molar-refractivity contribution in [3.05, 3.63) is 59.9 Å². The van der Waals surface area contributed by atoms with Gasteiger partial charge >= 0.3 is 11.8 Å². The molecule has 3 rings (SSSR count). The number of ether oxygens (including phenoxy) is 1. The standard InChI is InChI=1S/C22H27FN4O3/c1-30-20-9-5-2-6-17(20)16-25-22(29)21(28)24-10-11-26-12-14-27(15-13-26)19-8-4-3-7-18(19)23/h2-9H,10-16H2,1H3,(H,24,28)(H,25,29). The van der Waals surface area contributed by atoms with Crippen molar-refractivity contribution >= 4 is 17.5 Å². The van der Waals surface area contributed by atoms with Crippen LogP contribution in [0.5, 0.6) is 5.75 Å². The summed E-state index contributed by atoms with van der Waals surface area (Å²) in [7, 11) is 1.56. The van der Waals surface area contributed by atoms with Gasteiger partial charge in [-0.25, -0.2) is 4.39 Å². The Labute approximate surface area is 175 Å². The van der Waals surface area contributed by atoms with Crippen LogP contribution in [0.3, 0.4) is 0 Å². The van der Waals surface area contributed by atoms with E-state index in [1.165, 1.54) is 6.07 Å². The molecule has 0 spiro atoms. The first-order valence-corrected chi connectivity index (χ1v) is 9.98. The number of nitrogens with zero attached hydrogens (tertiary/aromatic N) is 2. The Bertz CT molecular complexity index is 869. The summed E-state index contributed by atoms with van der Waals surface area (Å²) in [6.07, 6.45) is 0. The van der Waals surface area contributed by atoms with Crippen LogP contribution in [-0.2, 0) is 16.1 Å². The lowest BCUT2D eigenvalue weighted by molar-refractivity contribution is -0.139. The van der Waals surface area contributed by atoms with Gasteiger partial charge in [0.25, 0.3) is 0 Å². The molecule has 1 saturated heterocycles. The SMILES string of the molecule is COc1ccccc1CNC(=O)C(=O)NCCN1CCN(c2ccccc2F)CC1. The number of anilines is 1. The average Bonchev–Trinajstić information content (AvgIpc) is 2.78. The maximum absolute atomic E-state index is 13.9. The second kappa shape index (κ2) is 10.6. The van der Waals surface area contributed by atoms with Crippen LogP contribution in [0.15, 0.2) is 48.5 Å².